The molecule has 0 aliphatic rings. The second-order valence-corrected chi connectivity index (χ2v) is 4.51. The molecule has 0 aromatic rings. The van der Waals surface area contributed by atoms with Gasteiger partial charge in [-0.3, -0.25) is 0 Å². The van der Waals surface area contributed by atoms with Crippen LogP contribution in [-0.4, -0.2) is 21.3 Å². The Morgan fingerprint density at radius 1 is 0.727 bits per heavy atom. The highest BCUT2D eigenvalue weighted by atomic mass is 16.7. The first-order chi connectivity index (χ1) is 4.50. The predicted molar refractivity (Wildman–Crippen MR) is 42.6 cm³/mol. The molecule has 68 valence electrons. The van der Waals surface area contributed by atoms with Gasteiger partial charge in [-0.15, -0.1) is 0 Å². The van der Waals surface area contributed by atoms with Crippen molar-refractivity contribution in [3.63, 3.8) is 0 Å². The van der Waals surface area contributed by atoms with Crippen LogP contribution in [0.3, 0.4) is 0 Å². The predicted octanol–water partition coefficient (Wildman–Crippen LogP) is 0.689. The van der Waals surface area contributed by atoms with Crippen molar-refractivity contribution < 1.29 is 15.3 Å². The van der Waals surface area contributed by atoms with Crippen LogP contribution < -0.4 is 0 Å². The standard InChI is InChI=1S/C8H18O3/c1-6(2,3)7(4,5)8(9,10)11/h9-11H,1-5H3. The van der Waals surface area contributed by atoms with E-state index in [4.69, 9.17) is 15.3 Å². The second kappa shape index (κ2) is 2.44. The fourth-order valence-electron chi connectivity index (χ4n) is 0.503. The van der Waals surface area contributed by atoms with Gasteiger partial charge in [-0.25, -0.2) is 0 Å². The van der Waals surface area contributed by atoms with Crippen LogP contribution in [0.2, 0.25) is 0 Å². The molecular weight excluding hydrogens is 144 g/mol. The summed E-state index contributed by atoms with van der Waals surface area (Å²) >= 11 is 0. The van der Waals surface area contributed by atoms with Crippen molar-refractivity contribution in [2.24, 2.45) is 10.8 Å². The Balaban J connectivity index is 4.75. The summed E-state index contributed by atoms with van der Waals surface area (Å²) in [5, 5.41) is 27.0. The SMILES string of the molecule is CC(C)(C)C(C)(C)C(O)(O)O. The minimum Gasteiger partial charge on any atom is -0.343 e. The van der Waals surface area contributed by atoms with Gasteiger partial charge in [-0.2, -0.15) is 0 Å². The summed E-state index contributed by atoms with van der Waals surface area (Å²) in [6, 6.07) is 0. The molecule has 0 radical (unpaired) electrons. The maximum Gasteiger partial charge on any atom is 0.281 e. The molecule has 0 atom stereocenters. The third-order valence-electron chi connectivity index (χ3n) is 2.71. The molecule has 0 saturated carbocycles. The molecule has 0 rings (SSSR count). The number of aliphatic hydroxyl groups is 3. The zero-order valence-electron chi connectivity index (χ0n) is 7.84. The smallest absolute Gasteiger partial charge is 0.281 e. The summed E-state index contributed by atoms with van der Waals surface area (Å²) in [4.78, 5) is 0. The summed E-state index contributed by atoms with van der Waals surface area (Å²) < 4.78 is 0. The molecular formula is C8H18O3. The van der Waals surface area contributed by atoms with E-state index in [0.717, 1.165) is 0 Å². The molecule has 0 aliphatic carbocycles. The van der Waals surface area contributed by atoms with E-state index < -0.39 is 11.4 Å². The number of hydrogen-bond donors (Lipinski definition) is 3. The zero-order chi connectivity index (χ0) is 9.50. The van der Waals surface area contributed by atoms with Crippen molar-refractivity contribution in [3.05, 3.63) is 0 Å². The minimum atomic E-state index is -2.62. The van der Waals surface area contributed by atoms with Gasteiger partial charge in [0.2, 0.25) is 0 Å². The molecule has 0 unspecified atom stereocenters. The van der Waals surface area contributed by atoms with Crippen molar-refractivity contribution in [3.8, 4) is 0 Å². The Hall–Kier alpha value is -0.120. The van der Waals surface area contributed by atoms with Gasteiger partial charge in [-0.1, -0.05) is 34.6 Å². The van der Waals surface area contributed by atoms with Crippen LogP contribution in [0.25, 0.3) is 0 Å². The lowest BCUT2D eigenvalue weighted by Gasteiger charge is -2.43. The molecule has 0 saturated heterocycles. The third-order valence-corrected chi connectivity index (χ3v) is 2.71. The van der Waals surface area contributed by atoms with E-state index in [-0.39, 0.29) is 5.41 Å². The lowest BCUT2D eigenvalue weighted by Crippen LogP contribution is -2.51. The monoisotopic (exact) mass is 162 g/mol. The molecule has 0 aromatic carbocycles. The fraction of sp³-hybridized carbons (Fsp3) is 1.00. The summed E-state index contributed by atoms with van der Waals surface area (Å²) in [6.45, 7) is 8.72. The molecule has 0 spiro atoms. The van der Waals surface area contributed by atoms with Gasteiger partial charge in [0.15, 0.2) is 0 Å². The highest BCUT2D eigenvalue weighted by molar-refractivity contribution is 4.87. The van der Waals surface area contributed by atoms with Gasteiger partial charge in [-0.05, 0) is 5.41 Å². The Bertz CT molecular complexity index is 120. The van der Waals surface area contributed by atoms with Crippen molar-refractivity contribution in [2.45, 2.75) is 40.6 Å². The van der Waals surface area contributed by atoms with E-state index in [1.807, 2.05) is 20.8 Å². The maximum atomic E-state index is 8.99. The third kappa shape index (κ3) is 1.92. The zero-order valence-corrected chi connectivity index (χ0v) is 7.84. The summed E-state index contributed by atoms with van der Waals surface area (Å²) in [5.41, 5.74) is -1.33. The van der Waals surface area contributed by atoms with E-state index in [1.54, 1.807) is 13.8 Å². The van der Waals surface area contributed by atoms with Gasteiger partial charge in [0.1, 0.15) is 0 Å². The van der Waals surface area contributed by atoms with E-state index >= 15 is 0 Å². The molecule has 0 bridgehead atoms. The summed E-state index contributed by atoms with van der Waals surface area (Å²) in [5.74, 6) is -2.62. The molecule has 0 heterocycles. The first-order valence-electron chi connectivity index (χ1n) is 3.67. The Morgan fingerprint density at radius 2 is 1.00 bits per heavy atom. The van der Waals surface area contributed by atoms with Crippen molar-refractivity contribution in [1.82, 2.24) is 0 Å². The van der Waals surface area contributed by atoms with Gasteiger partial charge in [0.25, 0.3) is 5.97 Å². The molecule has 0 fully saturated rings. The van der Waals surface area contributed by atoms with Crippen LogP contribution >= 0.6 is 0 Å². The van der Waals surface area contributed by atoms with Crippen LogP contribution in [0.1, 0.15) is 34.6 Å². The van der Waals surface area contributed by atoms with Crippen molar-refractivity contribution in [2.75, 3.05) is 0 Å². The average Bonchev–Trinajstić information content (AvgIpc) is 1.58. The van der Waals surface area contributed by atoms with Crippen LogP contribution in [0, 0.1) is 10.8 Å². The normalized spacial score (nSPS) is 15.3. The maximum absolute atomic E-state index is 8.99. The van der Waals surface area contributed by atoms with E-state index in [2.05, 4.69) is 0 Å². The minimum absolute atomic E-state index is 0.370. The molecule has 3 heteroatoms. The van der Waals surface area contributed by atoms with Gasteiger partial charge >= 0.3 is 0 Å². The lowest BCUT2D eigenvalue weighted by atomic mass is 9.67. The molecule has 11 heavy (non-hydrogen) atoms. The molecule has 0 amide bonds. The molecule has 3 N–H and O–H groups in total. The van der Waals surface area contributed by atoms with Crippen LogP contribution in [0.4, 0.5) is 0 Å². The second-order valence-electron chi connectivity index (χ2n) is 4.51. The topological polar surface area (TPSA) is 60.7 Å². The average molecular weight is 162 g/mol. The van der Waals surface area contributed by atoms with E-state index in [0.29, 0.717) is 0 Å². The Labute approximate surface area is 67.7 Å². The highest BCUT2D eigenvalue weighted by Crippen LogP contribution is 2.43. The number of hydrogen-bond acceptors (Lipinski definition) is 3. The van der Waals surface area contributed by atoms with Crippen LogP contribution in [0.15, 0.2) is 0 Å². The first kappa shape index (κ1) is 10.9. The fourth-order valence-corrected chi connectivity index (χ4v) is 0.503. The summed E-state index contributed by atoms with van der Waals surface area (Å²) in [6.07, 6.45) is 0. The Morgan fingerprint density at radius 3 is 1.00 bits per heavy atom. The van der Waals surface area contributed by atoms with E-state index in [9.17, 15) is 0 Å². The van der Waals surface area contributed by atoms with E-state index in [1.165, 1.54) is 0 Å². The number of rotatable bonds is 1. The van der Waals surface area contributed by atoms with Crippen LogP contribution in [0.5, 0.6) is 0 Å². The molecule has 3 nitrogen and oxygen atoms in total. The largest absolute Gasteiger partial charge is 0.343 e. The van der Waals surface area contributed by atoms with Gasteiger partial charge in [0.05, 0.1) is 5.41 Å². The lowest BCUT2D eigenvalue weighted by molar-refractivity contribution is -0.385. The first-order valence-corrected chi connectivity index (χ1v) is 3.67. The highest BCUT2D eigenvalue weighted by Gasteiger charge is 2.48. The van der Waals surface area contributed by atoms with Crippen molar-refractivity contribution in [1.29, 1.82) is 0 Å². The molecule has 0 aromatic heterocycles. The summed E-state index contributed by atoms with van der Waals surface area (Å²) in [7, 11) is 0. The van der Waals surface area contributed by atoms with Gasteiger partial charge < -0.3 is 15.3 Å². The van der Waals surface area contributed by atoms with Gasteiger partial charge in [0, 0.05) is 0 Å². The quantitative estimate of drug-likeness (QED) is 0.497. The van der Waals surface area contributed by atoms with Crippen LogP contribution in [-0.2, 0) is 0 Å². The van der Waals surface area contributed by atoms with Crippen molar-refractivity contribution >= 4 is 0 Å². The Kier molecular flexibility index (Phi) is 2.41. The molecule has 0 aliphatic heterocycles.